The van der Waals surface area contributed by atoms with Gasteiger partial charge in [-0.3, -0.25) is 4.90 Å². The minimum Gasteiger partial charge on any atom is -0.464 e. The van der Waals surface area contributed by atoms with Crippen LogP contribution in [0, 0.1) is 0 Å². The minimum absolute atomic E-state index is 0.0567. The number of anilines is 1. The van der Waals surface area contributed by atoms with Crippen molar-refractivity contribution in [1.82, 2.24) is 30.2 Å². The first-order valence-corrected chi connectivity index (χ1v) is 7.48. The Morgan fingerprint density at radius 3 is 2.62 bits per heavy atom. The summed E-state index contributed by atoms with van der Waals surface area (Å²) in [5.74, 6) is -0.344. The maximum absolute atomic E-state index is 12.0. The maximum atomic E-state index is 12.0. The molecule has 0 aromatic carbocycles. The molecule has 0 bridgehead atoms. The SMILES string of the molecule is COC(=O)c1nnn(-c2nonc2N)c1CN1C[C@H](C)O[C@@H](C)C1. The van der Waals surface area contributed by atoms with Crippen molar-refractivity contribution in [1.29, 1.82) is 0 Å². The first-order chi connectivity index (χ1) is 11.5. The monoisotopic (exact) mass is 337 g/mol. The summed E-state index contributed by atoms with van der Waals surface area (Å²) in [6, 6.07) is 0. The number of hydrogen-bond donors (Lipinski definition) is 1. The maximum Gasteiger partial charge on any atom is 0.360 e. The summed E-state index contributed by atoms with van der Waals surface area (Å²) in [7, 11) is 1.29. The van der Waals surface area contributed by atoms with Gasteiger partial charge in [-0.2, -0.15) is 4.68 Å². The fourth-order valence-corrected chi connectivity index (χ4v) is 2.83. The van der Waals surface area contributed by atoms with Crippen molar-refractivity contribution < 1.29 is 18.9 Å². The second-order valence-corrected chi connectivity index (χ2v) is 5.71. The third kappa shape index (κ3) is 3.08. The highest BCUT2D eigenvalue weighted by atomic mass is 16.6. The molecule has 1 fully saturated rings. The lowest BCUT2D eigenvalue weighted by molar-refractivity contribution is -0.0709. The van der Waals surface area contributed by atoms with Crippen LogP contribution in [-0.2, 0) is 16.0 Å². The summed E-state index contributed by atoms with van der Waals surface area (Å²) < 4.78 is 16.5. The lowest BCUT2D eigenvalue weighted by Gasteiger charge is -2.35. The molecule has 24 heavy (non-hydrogen) atoms. The van der Waals surface area contributed by atoms with Gasteiger partial charge in [-0.05, 0) is 24.2 Å². The minimum atomic E-state index is -0.583. The molecule has 0 amide bonds. The Bertz CT molecular complexity index is 718. The van der Waals surface area contributed by atoms with E-state index in [1.54, 1.807) is 0 Å². The number of carbonyl (C=O) groups excluding carboxylic acids is 1. The summed E-state index contributed by atoms with van der Waals surface area (Å²) in [6.45, 7) is 5.82. The van der Waals surface area contributed by atoms with Crippen molar-refractivity contribution in [2.45, 2.75) is 32.6 Å². The topological polar surface area (TPSA) is 134 Å². The van der Waals surface area contributed by atoms with E-state index in [1.807, 2.05) is 13.8 Å². The molecule has 0 radical (unpaired) electrons. The Kier molecular flexibility index (Phi) is 4.44. The number of nitrogen functional groups attached to an aromatic ring is 1. The van der Waals surface area contributed by atoms with Crippen molar-refractivity contribution >= 4 is 11.8 Å². The molecule has 11 heteroatoms. The van der Waals surface area contributed by atoms with Gasteiger partial charge >= 0.3 is 5.97 Å². The predicted octanol–water partition coefficient (Wildman–Crippen LogP) is -0.372. The predicted molar refractivity (Wildman–Crippen MR) is 80.3 cm³/mol. The lowest BCUT2D eigenvalue weighted by atomic mass is 10.2. The van der Waals surface area contributed by atoms with Crippen LogP contribution < -0.4 is 5.73 Å². The van der Waals surface area contributed by atoms with Gasteiger partial charge < -0.3 is 15.2 Å². The first-order valence-electron chi connectivity index (χ1n) is 7.48. The molecule has 0 unspecified atom stereocenters. The molecule has 2 aromatic heterocycles. The quantitative estimate of drug-likeness (QED) is 0.736. The molecule has 2 aromatic rings. The van der Waals surface area contributed by atoms with E-state index in [1.165, 1.54) is 11.8 Å². The number of carbonyl (C=O) groups is 1. The van der Waals surface area contributed by atoms with Gasteiger partial charge in [-0.15, -0.1) is 5.10 Å². The number of ether oxygens (including phenoxy) is 2. The number of nitrogens with zero attached hydrogens (tertiary/aromatic N) is 6. The normalized spacial score (nSPS) is 21.8. The van der Waals surface area contributed by atoms with E-state index in [2.05, 4.69) is 30.2 Å². The van der Waals surface area contributed by atoms with Crippen LogP contribution in [0.5, 0.6) is 0 Å². The number of morpholine rings is 1. The third-order valence-electron chi connectivity index (χ3n) is 3.71. The van der Waals surface area contributed by atoms with Gasteiger partial charge in [0.1, 0.15) is 0 Å². The van der Waals surface area contributed by atoms with Gasteiger partial charge in [0.15, 0.2) is 5.69 Å². The molecule has 1 aliphatic heterocycles. The van der Waals surface area contributed by atoms with Gasteiger partial charge in [0.05, 0.1) is 25.0 Å². The molecule has 11 nitrogen and oxygen atoms in total. The van der Waals surface area contributed by atoms with Crippen LogP contribution in [0.4, 0.5) is 5.82 Å². The Hall–Kier alpha value is -2.53. The summed E-state index contributed by atoms with van der Waals surface area (Å²) in [5.41, 5.74) is 6.34. The van der Waals surface area contributed by atoms with Gasteiger partial charge in [-0.25, -0.2) is 9.42 Å². The van der Waals surface area contributed by atoms with Crippen molar-refractivity contribution in [2.24, 2.45) is 0 Å². The molecule has 3 heterocycles. The summed E-state index contributed by atoms with van der Waals surface area (Å²) in [6.07, 6.45) is 0.164. The molecule has 2 N–H and O–H groups in total. The van der Waals surface area contributed by atoms with Crippen LogP contribution in [0.3, 0.4) is 0 Å². The Morgan fingerprint density at radius 1 is 1.33 bits per heavy atom. The molecular formula is C13H19N7O4. The molecule has 130 valence electrons. The Labute approximate surface area is 137 Å². The number of nitrogens with two attached hydrogens (primary N) is 1. The summed E-state index contributed by atoms with van der Waals surface area (Å²) in [5, 5.41) is 15.1. The molecule has 0 aliphatic carbocycles. The van der Waals surface area contributed by atoms with Crippen molar-refractivity contribution in [2.75, 3.05) is 25.9 Å². The van der Waals surface area contributed by atoms with Crippen LogP contribution in [-0.4, -0.2) is 68.6 Å². The Balaban J connectivity index is 1.96. The van der Waals surface area contributed by atoms with Crippen LogP contribution in [0.1, 0.15) is 30.0 Å². The van der Waals surface area contributed by atoms with E-state index in [9.17, 15) is 4.79 Å². The third-order valence-corrected chi connectivity index (χ3v) is 3.71. The molecule has 3 rings (SSSR count). The zero-order valence-corrected chi connectivity index (χ0v) is 13.7. The number of methoxy groups -OCH3 is 1. The van der Waals surface area contributed by atoms with Gasteiger partial charge in [0, 0.05) is 19.6 Å². The first kappa shape index (κ1) is 16.3. The fourth-order valence-electron chi connectivity index (χ4n) is 2.83. The lowest BCUT2D eigenvalue weighted by Crippen LogP contribution is -2.45. The van der Waals surface area contributed by atoms with Crippen molar-refractivity contribution in [3.8, 4) is 5.82 Å². The van der Waals surface area contributed by atoms with Crippen molar-refractivity contribution in [3.05, 3.63) is 11.4 Å². The van der Waals surface area contributed by atoms with Crippen LogP contribution in [0.2, 0.25) is 0 Å². The average Bonchev–Trinajstić information content (AvgIpc) is 3.11. The summed E-state index contributed by atoms with van der Waals surface area (Å²) >= 11 is 0. The van der Waals surface area contributed by atoms with Gasteiger partial charge in [0.2, 0.25) is 11.6 Å². The Morgan fingerprint density at radius 2 is 2.04 bits per heavy atom. The highest BCUT2D eigenvalue weighted by Gasteiger charge is 2.29. The van der Waals surface area contributed by atoms with Gasteiger partial charge in [-0.1, -0.05) is 5.21 Å². The van der Waals surface area contributed by atoms with Gasteiger partial charge in [0.25, 0.3) is 0 Å². The highest BCUT2D eigenvalue weighted by molar-refractivity contribution is 5.88. The number of hydrogen-bond acceptors (Lipinski definition) is 10. The smallest absolute Gasteiger partial charge is 0.360 e. The largest absolute Gasteiger partial charge is 0.464 e. The summed E-state index contributed by atoms with van der Waals surface area (Å²) in [4.78, 5) is 14.1. The fraction of sp³-hybridized carbons (Fsp3) is 0.615. The van der Waals surface area contributed by atoms with E-state index in [4.69, 9.17) is 15.2 Å². The second-order valence-electron chi connectivity index (χ2n) is 5.71. The van der Waals surface area contributed by atoms with E-state index < -0.39 is 5.97 Å². The number of rotatable bonds is 4. The van der Waals surface area contributed by atoms with Crippen LogP contribution in [0.15, 0.2) is 4.63 Å². The number of aromatic nitrogens is 5. The van der Waals surface area contributed by atoms with E-state index in [-0.39, 0.29) is 29.5 Å². The average molecular weight is 337 g/mol. The van der Waals surface area contributed by atoms with Crippen LogP contribution in [0.25, 0.3) is 5.82 Å². The molecule has 0 spiro atoms. The zero-order valence-electron chi connectivity index (χ0n) is 13.7. The van der Waals surface area contributed by atoms with E-state index >= 15 is 0 Å². The molecule has 2 atom stereocenters. The highest BCUT2D eigenvalue weighted by Crippen LogP contribution is 2.20. The van der Waals surface area contributed by atoms with E-state index in [0.717, 1.165) is 0 Å². The number of esters is 1. The van der Waals surface area contributed by atoms with Crippen LogP contribution >= 0.6 is 0 Å². The molecule has 1 aliphatic rings. The van der Waals surface area contributed by atoms with Crippen molar-refractivity contribution in [3.63, 3.8) is 0 Å². The molecular weight excluding hydrogens is 318 g/mol. The standard InChI is InChI=1S/C13H19N7O4/c1-7-4-19(5-8(2)23-7)6-9-10(13(21)22-3)15-18-20(9)12-11(14)16-24-17-12/h7-8H,4-6H2,1-3H3,(H2,14,16)/t7-,8-/m0/s1. The molecule has 1 saturated heterocycles. The molecule has 0 saturated carbocycles. The second kappa shape index (κ2) is 6.53. The zero-order chi connectivity index (χ0) is 17.3. The van der Waals surface area contributed by atoms with E-state index in [0.29, 0.717) is 25.3 Å².